The van der Waals surface area contributed by atoms with E-state index in [1.807, 2.05) is 19.1 Å². The van der Waals surface area contributed by atoms with Crippen molar-refractivity contribution in [2.45, 2.75) is 37.8 Å². The van der Waals surface area contributed by atoms with E-state index < -0.39 is 17.5 Å². The molecule has 2 aliphatic carbocycles. The van der Waals surface area contributed by atoms with Gasteiger partial charge in [-0.25, -0.2) is 0 Å². The fourth-order valence-corrected chi connectivity index (χ4v) is 3.79. The van der Waals surface area contributed by atoms with E-state index in [0.717, 1.165) is 5.57 Å². The van der Waals surface area contributed by atoms with Crippen LogP contribution in [0, 0.1) is 11.3 Å². The molecule has 2 N–H and O–H groups in total. The van der Waals surface area contributed by atoms with Crippen molar-refractivity contribution in [3.8, 4) is 0 Å². The number of rotatable bonds is 1. The lowest BCUT2D eigenvalue weighted by Crippen LogP contribution is -2.59. The predicted octanol–water partition coefficient (Wildman–Crippen LogP) is 1.55. The number of aliphatic hydroxyl groups is 2. The number of hydrogen-bond acceptors (Lipinski definition) is 4. The van der Waals surface area contributed by atoms with Crippen molar-refractivity contribution in [2.75, 3.05) is 13.7 Å². The second-order valence-electron chi connectivity index (χ2n) is 6.46. The Morgan fingerprint density at radius 3 is 2.85 bits per heavy atom. The van der Waals surface area contributed by atoms with Crippen LogP contribution in [0.4, 0.5) is 0 Å². The monoisotopic (exact) mass is 278 g/mol. The van der Waals surface area contributed by atoms with E-state index in [0.29, 0.717) is 12.0 Å². The first-order chi connectivity index (χ1) is 9.29. The van der Waals surface area contributed by atoms with Gasteiger partial charge in [0.25, 0.3) is 0 Å². The third-order valence-electron chi connectivity index (χ3n) is 5.54. The van der Waals surface area contributed by atoms with Gasteiger partial charge >= 0.3 is 0 Å². The first-order valence-corrected chi connectivity index (χ1v) is 6.98. The molecule has 1 fully saturated rings. The third kappa shape index (κ3) is 1.45. The summed E-state index contributed by atoms with van der Waals surface area (Å²) in [4.78, 5) is 0. The van der Waals surface area contributed by atoms with Gasteiger partial charge in [-0.15, -0.1) is 0 Å². The second-order valence-corrected chi connectivity index (χ2v) is 6.46. The molecule has 0 aromatic carbocycles. The molecule has 0 aromatic heterocycles. The summed E-state index contributed by atoms with van der Waals surface area (Å²) >= 11 is 0. The minimum Gasteiger partial charge on any atom is -0.389 e. The second kappa shape index (κ2) is 4.04. The Morgan fingerprint density at radius 1 is 1.50 bits per heavy atom. The lowest BCUT2D eigenvalue weighted by Gasteiger charge is -2.53. The molecular formula is C16H22O4. The van der Waals surface area contributed by atoms with Gasteiger partial charge in [0.2, 0.25) is 5.79 Å². The standard InChI is InChI=1S/C16H22O4/c1-10-8-20-16(19-4)7-12-5-6-13(17)11(2)14(12,3)9-15(10,16)18/h5-7,11,13,17-18H,1,8-9H2,2-4H3. The van der Waals surface area contributed by atoms with E-state index in [1.54, 1.807) is 6.08 Å². The number of fused-ring (bicyclic) bond motifs is 2. The fourth-order valence-electron chi connectivity index (χ4n) is 3.79. The van der Waals surface area contributed by atoms with Crippen molar-refractivity contribution >= 4 is 0 Å². The van der Waals surface area contributed by atoms with E-state index in [-0.39, 0.29) is 17.9 Å². The Labute approximate surface area is 119 Å². The fraction of sp³-hybridized carbons (Fsp3) is 0.625. The van der Waals surface area contributed by atoms with Crippen LogP contribution in [0.3, 0.4) is 0 Å². The van der Waals surface area contributed by atoms with Crippen LogP contribution in [0.5, 0.6) is 0 Å². The molecule has 20 heavy (non-hydrogen) atoms. The quantitative estimate of drug-likeness (QED) is 0.715. The molecule has 1 heterocycles. The van der Waals surface area contributed by atoms with Crippen LogP contribution in [0.2, 0.25) is 0 Å². The third-order valence-corrected chi connectivity index (χ3v) is 5.54. The summed E-state index contributed by atoms with van der Waals surface area (Å²) in [6, 6.07) is 0. The summed E-state index contributed by atoms with van der Waals surface area (Å²) in [6.45, 7) is 8.31. The summed E-state index contributed by atoms with van der Waals surface area (Å²) < 4.78 is 11.2. The van der Waals surface area contributed by atoms with Crippen molar-refractivity contribution in [3.05, 3.63) is 36.0 Å². The SMILES string of the molecule is C=C1COC2(OC)C=C3C=CC(O)C(C)C3(C)CC12O. The predicted molar refractivity (Wildman–Crippen MR) is 74.9 cm³/mol. The van der Waals surface area contributed by atoms with E-state index in [2.05, 4.69) is 13.5 Å². The van der Waals surface area contributed by atoms with Gasteiger partial charge in [-0.1, -0.05) is 32.6 Å². The maximum atomic E-state index is 11.1. The maximum Gasteiger partial charge on any atom is 0.222 e. The molecule has 1 saturated heterocycles. The zero-order chi connectivity index (χ0) is 14.8. The van der Waals surface area contributed by atoms with Gasteiger partial charge < -0.3 is 19.7 Å². The van der Waals surface area contributed by atoms with Crippen molar-refractivity contribution in [1.82, 2.24) is 0 Å². The summed E-state index contributed by atoms with van der Waals surface area (Å²) in [7, 11) is 1.54. The molecule has 0 bridgehead atoms. The van der Waals surface area contributed by atoms with Gasteiger partial charge in [0, 0.05) is 12.5 Å². The Bertz CT molecular complexity index is 523. The molecule has 0 saturated carbocycles. The molecule has 0 amide bonds. The van der Waals surface area contributed by atoms with Gasteiger partial charge in [0.15, 0.2) is 0 Å². The normalized spacial score (nSPS) is 50.6. The van der Waals surface area contributed by atoms with E-state index in [1.165, 1.54) is 7.11 Å². The molecule has 0 spiro atoms. The van der Waals surface area contributed by atoms with Gasteiger partial charge in [-0.05, 0) is 29.6 Å². The van der Waals surface area contributed by atoms with Gasteiger partial charge in [-0.2, -0.15) is 0 Å². The van der Waals surface area contributed by atoms with Crippen LogP contribution < -0.4 is 0 Å². The highest BCUT2D eigenvalue weighted by Crippen LogP contribution is 2.58. The van der Waals surface area contributed by atoms with Gasteiger partial charge in [0.1, 0.15) is 5.60 Å². The molecular weight excluding hydrogens is 256 g/mol. The summed E-state index contributed by atoms with van der Waals surface area (Å²) in [5.74, 6) is -1.16. The van der Waals surface area contributed by atoms with Crippen LogP contribution in [0.1, 0.15) is 20.3 Å². The van der Waals surface area contributed by atoms with Gasteiger partial charge in [0.05, 0.1) is 12.7 Å². The van der Waals surface area contributed by atoms with Crippen molar-refractivity contribution in [2.24, 2.45) is 11.3 Å². The smallest absolute Gasteiger partial charge is 0.222 e. The van der Waals surface area contributed by atoms with E-state index in [9.17, 15) is 10.2 Å². The number of methoxy groups -OCH3 is 1. The molecule has 4 heteroatoms. The van der Waals surface area contributed by atoms with E-state index in [4.69, 9.17) is 9.47 Å². The lowest BCUT2D eigenvalue weighted by atomic mass is 9.56. The largest absolute Gasteiger partial charge is 0.389 e. The van der Waals surface area contributed by atoms with Crippen LogP contribution in [0.25, 0.3) is 0 Å². The molecule has 3 rings (SSSR count). The molecule has 4 nitrogen and oxygen atoms in total. The molecule has 5 unspecified atom stereocenters. The zero-order valence-corrected chi connectivity index (χ0v) is 12.2. The summed E-state index contributed by atoms with van der Waals surface area (Å²) in [5, 5.41) is 21.3. The summed E-state index contributed by atoms with van der Waals surface area (Å²) in [5.41, 5.74) is 0.0874. The van der Waals surface area contributed by atoms with Crippen LogP contribution >= 0.6 is 0 Å². The first-order valence-electron chi connectivity index (χ1n) is 6.98. The Kier molecular flexibility index (Phi) is 2.83. The van der Waals surface area contributed by atoms with Crippen LogP contribution in [-0.4, -0.2) is 41.4 Å². The molecule has 3 aliphatic rings. The topological polar surface area (TPSA) is 58.9 Å². The number of allylic oxidation sites excluding steroid dienone is 2. The van der Waals surface area contributed by atoms with Crippen molar-refractivity contribution in [1.29, 1.82) is 0 Å². The minimum atomic E-state index is -1.25. The van der Waals surface area contributed by atoms with Crippen LogP contribution in [0.15, 0.2) is 36.0 Å². The van der Waals surface area contributed by atoms with Crippen molar-refractivity contribution in [3.63, 3.8) is 0 Å². The molecule has 0 radical (unpaired) electrons. The van der Waals surface area contributed by atoms with Crippen LogP contribution in [-0.2, 0) is 9.47 Å². The van der Waals surface area contributed by atoms with E-state index >= 15 is 0 Å². The Hall–Kier alpha value is -0.940. The van der Waals surface area contributed by atoms with Crippen molar-refractivity contribution < 1.29 is 19.7 Å². The highest BCUT2D eigenvalue weighted by molar-refractivity contribution is 5.44. The number of aliphatic hydroxyl groups excluding tert-OH is 1. The number of ether oxygens (including phenoxy) is 2. The average Bonchev–Trinajstić information content (AvgIpc) is 2.66. The molecule has 110 valence electrons. The summed E-state index contributed by atoms with van der Waals surface area (Å²) in [6.07, 6.45) is 5.48. The Balaban J connectivity index is 2.19. The highest BCUT2D eigenvalue weighted by Gasteiger charge is 2.64. The minimum absolute atomic E-state index is 0.00558. The molecule has 0 aromatic rings. The lowest BCUT2D eigenvalue weighted by molar-refractivity contribution is -0.249. The zero-order valence-electron chi connectivity index (χ0n) is 12.2. The molecule has 5 atom stereocenters. The maximum absolute atomic E-state index is 11.1. The molecule has 1 aliphatic heterocycles. The number of hydrogen-bond donors (Lipinski definition) is 2. The van der Waals surface area contributed by atoms with Gasteiger partial charge in [-0.3, -0.25) is 0 Å². The first kappa shape index (κ1) is 14.0. The highest BCUT2D eigenvalue weighted by atomic mass is 16.7. The average molecular weight is 278 g/mol. The Morgan fingerprint density at radius 2 is 2.20 bits per heavy atom.